The summed E-state index contributed by atoms with van der Waals surface area (Å²) < 4.78 is 1.84. The van der Waals surface area contributed by atoms with E-state index in [1.54, 1.807) is 0 Å². The van der Waals surface area contributed by atoms with Crippen LogP contribution in [0, 0.1) is 0 Å². The van der Waals surface area contributed by atoms with Crippen LogP contribution in [0.5, 0.6) is 0 Å². The molecule has 2 N–H and O–H groups in total. The van der Waals surface area contributed by atoms with E-state index >= 15 is 0 Å². The molecule has 0 fully saturated rings. The van der Waals surface area contributed by atoms with Crippen molar-refractivity contribution in [3.05, 3.63) is 18.0 Å². The van der Waals surface area contributed by atoms with E-state index < -0.39 is 0 Å². The number of aliphatic imine (C=N–C) groups is 1. The molecule has 0 aliphatic carbocycles. The van der Waals surface area contributed by atoms with Gasteiger partial charge in [-0.2, -0.15) is 16.9 Å². The number of aromatic nitrogens is 2. The fourth-order valence-electron chi connectivity index (χ4n) is 1.69. The van der Waals surface area contributed by atoms with E-state index in [1.807, 2.05) is 29.7 Å². The highest BCUT2D eigenvalue weighted by atomic mass is 127. The summed E-state index contributed by atoms with van der Waals surface area (Å²) in [5.74, 6) is 2.02. The Kier molecular flexibility index (Phi) is 12.0. The molecular formula is C13H26IN5S. The van der Waals surface area contributed by atoms with Crippen molar-refractivity contribution < 1.29 is 0 Å². The van der Waals surface area contributed by atoms with Gasteiger partial charge in [0.1, 0.15) is 0 Å². The first-order chi connectivity index (χ1) is 9.26. The van der Waals surface area contributed by atoms with Gasteiger partial charge in [0.25, 0.3) is 0 Å². The first-order valence-electron chi connectivity index (χ1n) is 6.75. The smallest absolute Gasteiger partial charge is 0.191 e. The fourth-order valence-corrected chi connectivity index (χ4v) is 1.99. The van der Waals surface area contributed by atoms with E-state index in [0.717, 1.165) is 44.2 Å². The normalized spacial score (nSPS) is 11.1. The third kappa shape index (κ3) is 8.68. The van der Waals surface area contributed by atoms with Gasteiger partial charge in [-0.15, -0.1) is 24.0 Å². The number of nitrogens with zero attached hydrogens (tertiary/aromatic N) is 3. The van der Waals surface area contributed by atoms with Crippen LogP contribution in [-0.2, 0) is 13.5 Å². The molecule has 1 aromatic rings. The molecule has 5 nitrogen and oxygen atoms in total. The lowest BCUT2D eigenvalue weighted by Gasteiger charge is -2.10. The van der Waals surface area contributed by atoms with Gasteiger partial charge in [0, 0.05) is 38.6 Å². The molecule has 0 saturated carbocycles. The highest BCUT2D eigenvalue weighted by Gasteiger charge is 1.98. The van der Waals surface area contributed by atoms with Crippen LogP contribution < -0.4 is 10.6 Å². The van der Waals surface area contributed by atoms with Crippen LogP contribution in [0.25, 0.3) is 0 Å². The zero-order chi connectivity index (χ0) is 13.9. The van der Waals surface area contributed by atoms with Gasteiger partial charge in [-0.25, -0.2) is 0 Å². The van der Waals surface area contributed by atoms with Gasteiger partial charge in [0.2, 0.25) is 0 Å². The molecule has 1 heterocycles. The minimum atomic E-state index is 0. The Morgan fingerprint density at radius 1 is 1.45 bits per heavy atom. The Balaban J connectivity index is 0.00000361. The summed E-state index contributed by atoms with van der Waals surface area (Å²) in [6.45, 7) is 4.77. The van der Waals surface area contributed by atoms with Crippen LogP contribution in [0.2, 0.25) is 0 Å². The monoisotopic (exact) mass is 411 g/mol. The lowest BCUT2D eigenvalue weighted by Crippen LogP contribution is -2.38. The van der Waals surface area contributed by atoms with Gasteiger partial charge < -0.3 is 10.6 Å². The topological polar surface area (TPSA) is 54.2 Å². The minimum Gasteiger partial charge on any atom is -0.357 e. The molecule has 116 valence electrons. The molecular weight excluding hydrogens is 385 g/mol. The summed E-state index contributed by atoms with van der Waals surface area (Å²) in [4.78, 5) is 4.57. The molecule has 0 saturated heterocycles. The maximum absolute atomic E-state index is 4.57. The van der Waals surface area contributed by atoms with Crippen LogP contribution in [0.15, 0.2) is 17.4 Å². The summed E-state index contributed by atoms with van der Waals surface area (Å²) in [6.07, 6.45) is 8.17. The van der Waals surface area contributed by atoms with Gasteiger partial charge in [-0.05, 0) is 31.6 Å². The summed E-state index contributed by atoms with van der Waals surface area (Å²) in [7, 11) is 1.95. The number of rotatable bonds is 8. The van der Waals surface area contributed by atoms with E-state index in [0.29, 0.717) is 0 Å². The Morgan fingerprint density at radius 2 is 2.25 bits per heavy atom. The highest BCUT2D eigenvalue weighted by Crippen LogP contribution is 2.00. The number of hydrogen-bond acceptors (Lipinski definition) is 3. The molecule has 0 radical (unpaired) electrons. The first kappa shape index (κ1) is 19.6. The molecule has 0 amide bonds. The van der Waals surface area contributed by atoms with Crippen LogP contribution in [0.1, 0.15) is 18.9 Å². The van der Waals surface area contributed by atoms with Crippen LogP contribution >= 0.6 is 35.7 Å². The molecule has 0 atom stereocenters. The lowest BCUT2D eigenvalue weighted by molar-refractivity contribution is 0.764. The molecule has 0 unspecified atom stereocenters. The summed E-state index contributed by atoms with van der Waals surface area (Å²) in [5, 5.41) is 10.7. The number of hydrogen-bond donors (Lipinski definition) is 2. The summed E-state index contributed by atoms with van der Waals surface area (Å²) in [6, 6.07) is 0. The first-order valence-corrected chi connectivity index (χ1v) is 8.14. The fraction of sp³-hybridized carbons (Fsp3) is 0.692. The summed E-state index contributed by atoms with van der Waals surface area (Å²) in [5.41, 5.74) is 1.28. The number of aryl methyl sites for hydroxylation is 2. The predicted molar refractivity (Wildman–Crippen MR) is 99.3 cm³/mol. The Morgan fingerprint density at radius 3 is 2.85 bits per heavy atom. The Hall–Kier alpha value is -0.440. The lowest BCUT2D eigenvalue weighted by atomic mass is 10.2. The molecule has 1 aromatic heterocycles. The van der Waals surface area contributed by atoms with Crippen molar-refractivity contribution in [3.8, 4) is 0 Å². The standard InChI is InChI=1S/C13H25N5S.HI/c1-4-14-13(16-8-9-19-3)15-7-5-6-12-10-17-18(2)11-12;/h10-11H,4-9H2,1-3H3,(H2,14,15,16);1H. The van der Waals surface area contributed by atoms with E-state index in [4.69, 9.17) is 0 Å². The van der Waals surface area contributed by atoms with Crippen molar-refractivity contribution in [2.75, 3.05) is 31.6 Å². The number of nitrogens with one attached hydrogen (secondary N) is 2. The van der Waals surface area contributed by atoms with E-state index in [-0.39, 0.29) is 24.0 Å². The van der Waals surface area contributed by atoms with Gasteiger partial charge in [-0.3, -0.25) is 9.67 Å². The zero-order valence-corrected chi connectivity index (χ0v) is 15.7. The number of thioether (sulfide) groups is 1. The second-order valence-electron chi connectivity index (χ2n) is 4.31. The van der Waals surface area contributed by atoms with Crippen molar-refractivity contribution in [2.24, 2.45) is 12.0 Å². The number of guanidine groups is 1. The van der Waals surface area contributed by atoms with Crippen molar-refractivity contribution >= 4 is 41.7 Å². The Bertz CT molecular complexity index is 381. The molecule has 0 aliphatic heterocycles. The minimum absolute atomic E-state index is 0. The maximum atomic E-state index is 4.57. The molecule has 0 spiro atoms. The van der Waals surface area contributed by atoms with Crippen LogP contribution in [0.3, 0.4) is 0 Å². The average Bonchev–Trinajstić information content (AvgIpc) is 2.80. The molecule has 1 rings (SSSR count). The van der Waals surface area contributed by atoms with Crippen molar-refractivity contribution in [1.82, 2.24) is 20.4 Å². The third-order valence-corrected chi connectivity index (χ3v) is 3.21. The van der Waals surface area contributed by atoms with E-state index in [1.165, 1.54) is 5.56 Å². The van der Waals surface area contributed by atoms with E-state index in [9.17, 15) is 0 Å². The summed E-state index contributed by atoms with van der Waals surface area (Å²) >= 11 is 1.84. The van der Waals surface area contributed by atoms with Crippen LogP contribution in [-0.4, -0.2) is 47.4 Å². The molecule has 0 aromatic carbocycles. The second-order valence-corrected chi connectivity index (χ2v) is 5.29. The second kappa shape index (κ2) is 12.3. The van der Waals surface area contributed by atoms with Crippen LogP contribution in [0.4, 0.5) is 0 Å². The molecule has 0 bridgehead atoms. The van der Waals surface area contributed by atoms with Gasteiger partial charge >= 0.3 is 0 Å². The quantitative estimate of drug-likeness (QED) is 0.297. The average molecular weight is 411 g/mol. The molecule has 0 aliphatic rings. The van der Waals surface area contributed by atoms with Gasteiger partial charge in [-0.1, -0.05) is 0 Å². The van der Waals surface area contributed by atoms with Crippen molar-refractivity contribution in [2.45, 2.75) is 19.8 Å². The maximum Gasteiger partial charge on any atom is 0.191 e. The number of halogens is 1. The van der Waals surface area contributed by atoms with Crippen molar-refractivity contribution in [3.63, 3.8) is 0 Å². The third-order valence-electron chi connectivity index (χ3n) is 2.59. The molecule has 20 heavy (non-hydrogen) atoms. The SMILES string of the molecule is CCNC(=NCCCc1cnn(C)c1)NCCSC.I. The largest absolute Gasteiger partial charge is 0.357 e. The van der Waals surface area contributed by atoms with Gasteiger partial charge in [0.05, 0.1) is 6.20 Å². The molecule has 7 heteroatoms. The highest BCUT2D eigenvalue weighted by molar-refractivity contribution is 14.0. The zero-order valence-electron chi connectivity index (χ0n) is 12.6. The Labute approximate surface area is 143 Å². The predicted octanol–water partition coefficient (Wildman–Crippen LogP) is 1.89. The van der Waals surface area contributed by atoms with Crippen molar-refractivity contribution in [1.29, 1.82) is 0 Å². The van der Waals surface area contributed by atoms with Gasteiger partial charge in [0.15, 0.2) is 5.96 Å². The van der Waals surface area contributed by atoms with E-state index in [2.05, 4.69) is 40.1 Å².